The van der Waals surface area contributed by atoms with Gasteiger partial charge in [-0.25, -0.2) is 39.1 Å². The summed E-state index contributed by atoms with van der Waals surface area (Å²) in [6.45, 7) is 20.0. The summed E-state index contributed by atoms with van der Waals surface area (Å²) in [5, 5.41) is 21.3. The molecule has 30 nitrogen and oxygen atoms in total. The van der Waals surface area contributed by atoms with Gasteiger partial charge in [-0.05, 0) is 224 Å². The number of hydrogen-bond acceptors (Lipinski definition) is 18. The summed E-state index contributed by atoms with van der Waals surface area (Å²) >= 11 is 0. The summed E-state index contributed by atoms with van der Waals surface area (Å²) < 4.78 is 24.5. The number of piperidine rings is 2. The monoisotopic (exact) mass is 1770 g/mol. The Morgan fingerprint density at radius 1 is 0.438 bits per heavy atom. The van der Waals surface area contributed by atoms with Crippen LogP contribution in [0.2, 0.25) is 0 Å². The molecule has 12 atom stereocenters. The number of H-pyrrole nitrogens is 4. The van der Waals surface area contributed by atoms with Crippen molar-refractivity contribution < 1.29 is 71.9 Å². The molecule has 8 N–H and O–H groups in total. The lowest BCUT2D eigenvalue weighted by Gasteiger charge is -2.37. The molecule has 0 unspecified atom stereocenters. The molecule has 130 heavy (non-hydrogen) atoms. The van der Waals surface area contributed by atoms with E-state index in [1.165, 1.54) is 28.4 Å². The average molecular weight is 1770 g/mol. The molecule has 7 amide bonds. The number of aromatic nitrogens is 8. The standard InChI is InChI=1S/C48H56N8O6.C44H49N7O5.C8H14O4/c1-26(2)39(53-46(59)61-5)44(57)55-25-48(17-18-48)22-38(55)42-49-23-36(51-42)29-9-7-28(8-10-29)30-11-12-32-20-33(14-13-31(32)19-30)37-24-50-43(52-37)41-34-15-16-35(21-34)56(41)45(58)40(27(3)4)54-47(60)62-6;1-25(47-41(53)55-5)40(52)50-24-44(16-17-44)21-36(50)38-45-22-34(48-38)27-8-6-26(7-9-27)28-10-11-30-19-31(13-12-29(30)18-28)35-23-46-39(49-35)37-32-14-15-33(20-32)51(37)42(54)56-43(2,3)4;1-5(2)6(8(10)11)4-7(9)12-3/h7-14,19-20,23-24,26-27,34-35,38-41H,15-18,21-22,25H2,1-6H3,(H,49,51)(H,50,52)(H,53,59)(H,54,60);6-13,18-19,22-23,25,32-33,36-37H,14-17,20-21,24H2,1-5H3,(H,45,48)(H,46,49)(H,47,53);5-6H,4H2,1-3H3,(H,10,11)/t34-,35+,38-,39-,40-,41-;25-,32-,33+,36-,37-;6-/m000/s1. The molecular weight excluding hydrogens is 1650 g/mol. The third-order valence-corrected chi connectivity index (χ3v) is 27.9. The highest BCUT2D eigenvalue weighted by molar-refractivity contribution is 5.94. The second-order valence-electron chi connectivity index (χ2n) is 38.8. The first-order chi connectivity index (χ1) is 62.2. The molecule has 4 aliphatic heterocycles. The van der Waals surface area contributed by atoms with Crippen LogP contribution < -0.4 is 16.0 Å². The van der Waals surface area contributed by atoms with E-state index in [-0.39, 0.29) is 95.1 Å². The Bertz CT molecular complexity index is 5900. The number of alkyl carbamates (subject to hydrolysis) is 3. The van der Waals surface area contributed by atoms with E-state index in [1.807, 2.05) is 92.9 Å². The van der Waals surface area contributed by atoms with Crippen LogP contribution in [0.3, 0.4) is 0 Å². The number of carbonyl (C=O) groups is 9. The van der Waals surface area contributed by atoms with Gasteiger partial charge in [0.15, 0.2) is 0 Å². The van der Waals surface area contributed by atoms with Gasteiger partial charge in [-0.3, -0.25) is 28.9 Å². The highest BCUT2D eigenvalue weighted by Gasteiger charge is 2.58. The van der Waals surface area contributed by atoms with Gasteiger partial charge in [0.05, 0.1) is 113 Å². The molecule has 8 heterocycles. The second-order valence-corrected chi connectivity index (χ2v) is 38.8. The van der Waals surface area contributed by atoms with E-state index in [1.54, 1.807) is 20.8 Å². The number of aliphatic carboxylic acids is 1. The van der Waals surface area contributed by atoms with Gasteiger partial charge < -0.3 is 79.4 Å². The fourth-order valence-electron chi connectivity index (χ4n) is 20.3. The summed E-state index contributed by atoms with van der Waals surface area (Å²) in [6.07, 6.45) is 17.4. The molecule has 4 saturated heterocycles. The highest BCUT2D eigenvalue weighted by Crippen LogP contribution is 2.60. The van der Waals surface area contributed by atoms with Crippen LogP contribution in [0.5, 0.6) is 0 Å². The molecule has 8 fully saturated rings. The first-order valence-electron chi connectivity index (χ1n) is 45.5. The van der Waals surface area contributed by atoms with Crippen molar-refractivity contribution >= 4 is 75.6 Å². The van der Waals surface area contributed by atoms with Crippen LogP contribution in [-0.2, 0) is 47.7 Å². The summed E-state index contributed by atoms with van der Waals surface area (Å²) in [4.78, 5) is 153. The highest BCUT2D eigenvalue weighted by atomic mass is 16.6. The number of benzene rings is 6. The van der Waals surface area contributed by atoms with Crippen LogP contribution in [-0.4, -0.2) is 196 Å². The minimum atomic E-state index is -0.949. The number of methoxy groups -OCH3 is 4. The number of fused-ring (bicyclic) bond motifs is 6. The molecule has 684 valence electrons. The Morgan fingerprint density at radius 2 is 0.800 bits per heavy atom. The molecule has 4 aliphatic carbocycles. The Labute approximate surface area is 756 Å². The molecule has 6 aromatic carbocycles. The zero-order valence-corrected chi connectivity index (χ0v) is 76.4. The summed E-state index contributed by atoms with van der Waals surface area (Å²) in [7, 11) is 5.16. The Hall–Kier alpha value is -12.9. The van der Waals surface area contributed by atoms with E-state index < -0.39 is 59.9 Å². The van der Waals surface area contributed by atoms with Gasteiger partial charge >= 0.3 is 36.3 Å². The largest absolute Gasteiger partial charge is 0.481 e. The van der Waals surface area contributed by atoms with Gasteiger partial charge in [-0.2, -0.15) is 0 Å². The van der Waals surface area contributed by atoms with Crippen molar-refractivity contribution in [1.29, 1.82) is 0 Å². The number of carbonyl (C=O) groups excluding carboxylic acids is 8. The summed E-state index contributed by atoms with van der Waals surface area (Å²) in [5.74, 6) is 1.16. The third kappa shape index (κ3) is 19.1. The normalized spacial score (nSPS) is 21.5. The quantitative estimate of drug-likeness (QED) is 0.0231. The van der Waals surface area contributed by atoms with Gasteiger partial charge in [-0.15, -0.1) is 0 Å². The van der Waals surface area contributed by atoms with Crippen LogP contribution >= 0.6 is 0 Å². The van der Waals surface area contributed by atoms with Gasteiger partial charge in [0.25, 0.3) is 0 Å². The SMILES string of the molecule is COC(=O)C[C@H](C(=O)O)C(C)C.COC(=O)N[C@@H](C)C(=O)N1CC2(CC2)C[C@H]1c1ncc(-c2ccc(-c3ccc4cc(-c5cnc([C@@H]6[C@H]7CC[C@H](C7)N6C(=O)OC(C)(C)C)[nH]5)ccc4c3)cc2)[nH]1.COC(=O)N[C@H](C(=O)N1CC2(CC2)C[C@H]1c1ncc(-c2ccc(-c3ccc4cc(-c5cnc([C@@H]6[C@H]7CC[C@H](C7)N6C(=O)[C@@H](NC(=O)OC)C(C)C)[nH]5)ccc4c3)cc2)[nH]1)C(C)C. The van der Waals surface area contributed by atoms with E-state index >= 15 is 0 Å². The van der Waals surface area contributed by atoms with E-state index in [9.17, 15) is 43.2 Å². The first kappa shape index (κ1) is 90.5. The molecule has 4 aromatic heterocycles. The summed E-state index contributed by atoms with van der Waals surface area (Å²) in [5.41, 5.74) is 11.8. The minimum Gasteiger partial charge on any atom is -0.481 e. The molecular formula is C100H119N15O15. The number of carboxylic acids is 1. The van der Waals surface area contributed by atoms with Crippen LogP contribution in [0.25, 0.3) is 88.8 Å². The van der Waals surface area contributed by atoms with Crippen LogP contribution in [0.4, 0.5) is 19.2 Å². The topological polar surface area (TPSA) is 384 Å². The first-order valence-corrected chi connectivity index (χ1v) is 45.5. The molecule has 4 saturated carbocycles. The predicted octanol–water partition coefficient (Wildman–Crippen LogP) is 17.6. The molecule has 4 bridgehead atoms. The number of nitrogens with zero attached hydrogens (tertiary/aromatic N) is 8. The van der Waals surface area contributed by atoms with Crippen LogP contribution in [0, 0.1) is 46.3 Å². The van der Waals surface area contributed by atoms with Gasteiger partial charge in [-0.1, -0.05) is 139 Å². The number of hydrogen-bond donors (Lipinski definition) is 8. The maximum absolute atomic E-state index is 14.0. The molecule has 18 rings (SSSR count). The fraction of sp³-hybridized carbons (Fsp3) is 0.470. The smallest absolute Gasteiger partial charge is 0.411 e. The number of aromatic amines is 4. The van der Waals surface area contributed by atoms with Gasteiger partial charge in [0.2, 0.25) is 17.7 Å². The maximum atomic E-state index is 14.0. The number of likely N-dealkylation sites (tertiary alicyclic amines) is 4. The molecule has 30 heteroatoms. The lowest BCUT2D eigenvalue weighted by atomic mass is 9.93. The Morgan fingerprint density at radius 3 is 1.20 bits per heavy atom. The van der Waals surface area contributed by atoms with Crippen molar-refractivity contribution in [3.05, 3.63) is 169 Å². The Kier molecular flexibility index (Phi) is 25.7. The van der Waals surface area contributed by atoms with E-state index in [0.717, 1.165) is 189 Å². The van der Waals surface area contributed by atoms with E-state index in [4.69, 9.17) is 44.0 Å². The van der Waals surface area contributed by atoms with Gasteiger partial charge in [0, 0.05) is 36.3 Å². The van der Waals surface area contributed by atoms with E-state index in [0.29, 0.717) is 24.9 Å². The number of carboxylic acid groups (broad SMARTS) is 1. The zero-order chi connectivity index (χ0) is 92.1. The van der Waals surface area contributed by atoms with Crippen molar-refractivity contribution in [3.8, 4) is 67.3 Å². The van der Waals surface area contributed by atoms with Crippen molar-refractivity contribution in [2.24, 2.45) is 46.3 Å². The molecule has 0 radical (unpaired) electrons. The molecule has 10 aromatic rings. The average Bonchev–Trinajstić information content (AvgIpc) is 1.58. The van der Waals surface area contributed by atoms with Gasteiger partial charge in [0.1, 0.15) is 47.0 Å². The number of esters is 1. The third-order valence-electron chi connectivity index (χ3n) is 27.9. The van der Waals surface area contributed by atoms with Crippen LogP contribution in [0.15, 0.2) is 146 Å². The second kappa shape index (κ2) is 36.9. The number of nitrogens with one attached hydrogen (secondary N) is 7. The van der Waals surface area contributed by atoms with E-state index in [2.05, 4.69) is 162 Å². The maximum Gasteiger partial charge on any atom is 0.411 e. The molecule has 2 spiro atoms. The lowest BCUT2D eigenvalue weighted by molar-refractivity contribution is -0.151. The number of rotatable bonds is 22. The van der Waals surface area contributed by atoms with Crippen LogP contribution in [0.1, 0.15) is 200 Å². The number of ether oxygens (including phenoxy) is 5. The predicted molar refractivity (Wildman–Crippen MR) is 489 cm³/mol. The lowest BCUT2D eigenvalue weighted by Crippen LogP contribution is -2.54. The van der Waals surface area contributed by atoms with Crippen molar-refractivity contribution in [1.82, 2.24) is 75.4 Å². The Balaban J connectivity index is 0.000000170. The van der Waals surface area contributed by atoms with Crippen molar-refractivity contribution in [2.75, 3.05) is 41.5 Å². The fourth-order valence-corrected chi connectivity index (χ4v) is 20.3. The van der Waals surface area contributed by atoms with Crippen molar-refractivity contribution in [2.45, 2.75) is 213 Å². The minimum absolute atomic E-state index is 0.0521. The zero-order valence-electron chi connectivity index (χ0n) is 76.4. The number of amides is 7. The molecule has 8 aliphatic rings. The summed E-state index contributed by atoms with van der Waals surface area (Å²) in [6, 6.07) is 40.3. The van der Waals surface area contributed by atoms with Crippen molar-refractivity contribution in [3.63, 3.8) is 0 Å². The number of imidazole rings is 4.